The second kappa shape index (κ2) is 9.74. The molecule has 0 unspecified atom stereocenters. The zero-order chi connectivity index (χ0) is 24.5. The second-order valence-corrected chi connectivity index (χ2v) is 9.89. The van der Waals surface area contributed by atoms with Gasteiger partial charge in [0.25, 0.3) is 5.91 Å². The van der Waals surface area contributed by atoms with E-state index in [9.17, 15) is 19.2 Å². The van der Waals surface area contributed by atoms with Gasteiger partial charge in [0, 0.05) is 31.9 Å². The van der Waals surface area contributed by atoms with Crippen LogP contribution in [-0.4, -0.2) is 83.3 Å². The first kappa shape index (κ1) is 24.2. The van der Waals surface area contributed by atoms with Crippen molar-refractivity contribution in [3.05, 3.63) is 29.3 Å². The summed E-state index contributed by atoms with van der Waals surface area (Å²) in [4.78, 5) is 55.9. The van der Waals surface area contributed by atoms with E-state index in [1.54, 1.807) is 4.90 Å². The van der Waals surface area contributed by atoms with Crippen LogP contribution in [0.15, 0.2) is 18.2 Å². The van der Waals surface area contributed by atoms with Gasteiger partial charge in [-0.2, -0.15) is 0 Å². The van der Waals surface area contributed by atoms with Gasteiger partial charge in [-0.25, -0.2) is 4.79 Å². The Bertz CT molecular complexity index is 988. The quantitative estimate of drug-likeness (QED) is 0.642. The number of benzene rings is 1. The molecule has 0 aromatic heterocycles. The van der Waals surface area contributed by atoms with Gasteiger partial charge in [-0.3, -0.25) is 24.2 Å². The number of hydrogen-bond donors (Lipinski definition) is 2. The number of imide groups is 1. The minimum atomic E-state index is -0.850. The molecule has 2 saturated heterocycles. The predicted molar refractivity (Wildman–Crippen MR) is 128 cm³/mol. The molecule has 1 aliphatic carbocycles. The van der Waals surface area contributed by atoms with Gasteiger partial charge in [0.15, 0.2) is 0 Å². The third-order valence-corrected chi connectivity index (χ3v) is 7.77. The number of hydrogen-bond acceptors (Lipinski definition) is 5. The van der Waals surface area contributed by atoms with E-state index in [0.29, 0.717) is 32.6 Å². The minimum Gasteiger partial charge on any atom is -0.339 e. The van der Waals surface area contributed by atoms with Crippen LogP contribution in [0.25, 0.3) is 0 Å². The number of rotatable bonds is 5. The summed E-state index contributed by atoms with van der Waals surface area (Å²) in [5.74, 6) is -0.515. The maximum atomic E-state index is 13.1. The number of nitrogens with zero attached hydrogens (tertiary/aromatic N) is 3. The SMILES string of the molecule is Cc1cccc(NC(=O)CN2CCN(C(=O)CN3C(=O)N[C@@]4(CCCC[C@H]4C)C3=O)CC2)c1C. The van der Waals surface area contributed by atoms with Gasteiger partial charge in [0.05, 0.1) is 6.54 Å². The monoisotopic (exact) mass is 469 g/mol. The van der Waals surface area contributed by atoms with Gasteiger partial charge in [0.1, 0.15) is 12.1 Å². The number of aryl methyl sites for hydroxylation is 1. The number of anilines is 1. The molecule has 2 aliphatic heterocycles. The van der Waals surface area contributed by atoms with E-state index in [2.05, 4.69) is 10.6 Å². The Morgan fingerprint density at radius 1 is 1.09 bits per heavy atom. The van der Waals surface area contributed by atoms with Crippen LogP contribution in [0.2, 0.25) is 0 Å². The molecule has 3 fully saturated rings. The number of amides is 5. The fourth-order valence-electron chi connectivity index (χ4n) is 5.31. The van der Waals surface area contributed by atoms with Gasteiger partial charge >= 0.3 is 6.03 Å². The zero-order valence-corrected chi connectivity index (χ0v) is 20.4. The fourth-order valence-corrected chi connectivity index (χ4v) is 5.31. The number of piperazine rings is 1. The van der Waals surface area contributed by atoms with Gasteiger partial charge in [-0.1, -0.05) is 31.9 Å². The van der Waals surface area contributed by atoms with Crippen LogP contribution in [0.1, 0.15) is 43.7 Å². The van der Waals surface area contributed by atoms with Crippen molar-refractivity contribution in [2.45, 2.75) is 52.0 Å². The van der Waals surface area contributed by atoms with Gasteiger partial charge in [-0.15, -0.1) is 0 Å². The minimum absolute atomic E-state index is 0.0658. The summed E-state index contributed by atoms with van der Waals surface area (Å²) in [5.41, 5.74) is 2.14. The Kier molecular flexibility index (Phi) is 6.93. The molecule has 1 saturated carbocycles. The standard InChI is InChI=1S/C25H35N5O4/c1-17-7-6-9-20(19(17)3)26-21(31)15-28-11-13-29(14-12-28)22(32)16-30-23(33)25(27-24(30)34)10-5-4-8-18(25)2/h6-7,9,18H,4-5,8,10-16H2,1-3H3,(H,26,31)(H,27,34)/t18-,25-/m1/s1. The van der Waals surface area contributed by atoms with Crippen LogP contribution in [0.3, 0.4) is 0 Å². The molecule has 9 heteroatoms. The number of carbonyl (C=O) groups is 4. The highest BCUT2D eigenvalue weighted by Gasteiger charge is 2.55. The second-order valence-electron chi connectivity index (χ2n) is 9.89. The molecule has 2 atom stereocenters. The molecule has 1 aromatic carbocycles. The van der Waals surface area contributed by atoms with Crippen LogP contribution >= 0.6 is 0 Å². The van der Waals surface area contributed by atoms with Crippen molar-refractivity contribution in [2.75, 3.05) is 44.6 Å². The lowest BCUT2D eigenvalue weighted by molar-refractivity contribution is -0.141. The maximum absolute atomic E-state index is 13.1. The number of carbonyl (C=O) groups excluding carboxylic acids is 4. The lowest BCUT2D eigenvalue weighted by Crippen LogP contribution is -2.55. The van der Waals surface area contributed by atoms with Crippen molar-refractivity contribution in [1.29, 1.82) is 0 Å². The first-order valence-corrected chi connectivity index (χ1v) is 12.2. The largest absolute Gasteiger partial charge is 0.339 e. The molecule has 0 radical (unpaired) electrons. The molecule has 4 rings (SSSR count). The first-order valence-electron chi connectivity index (χ1n) is 12.2. The molecular formula is C25H35N5O4. The molecular weight excluding hydrogens is 434 g/mol. The molecule has 5 amide bonds. The summed E-state index contributed by atoms with van der Waals surface area (Å²) in [6.07, 6.45) is 3.48. The van der Waals surface area contributed by atoms with Crippen LogP contribution in [0.4, 0.5) is 10.5 Å². The lowest BCUT2D eigenvalue weighted by Gasteiger charge is -2.37. The van der Waals surface area contributed by atoms with Crippen molar-refractivity contribution in [2.24, 2.45) is 5.92 Å². The van der Waals surface area contributed by atoms with Crippen molar-refractivity contribution in [1.82, 2.24) is 20.0 Å². The zero-order valence-electron chi connectivity index (χ0n) is 20.4. The van der Waals surface area contributed by atoms with E-state index >= 15 is 0 Å². The lowest BCUT2D eigenvalue weighted by atomic mass is 9.73. The average molecular weight is 470 g/mol. The third kappa shape index (κ3) is 4.66. The Balaban J connectivity index is 1.27. The summed E-state index contributed by atoms with van der Waals surface area (Å²) in [5, 5.41) is 5.87. The Morgan fingerprint density at radius 3 is 2.53 bits per heavy atom. The highest BCUT2D eigenvalue weighted by Crippen LogP contribution is 2.38. The van der Waals surface area contributed by atoms with Crippen LogP contribution in [0.5, 0.6) is 0 Å². The van der Waals surface area contributed by atoms with Crippen molar-refractivity contribution >= 4 is 29.4 Å². The van der Waals surface area contributed by atoms with Crippen molar-refractivity contribution in [3.8, 4) is 0 Å². The Morgan fingerprint density at radius 2 is 1.82 bits per heavy atom. The van der Waals surface area contributed by atoms with Crippen molar-refractivity contribution < 1.29 is 19.2 Å². The molecule has 0 bridgehead atoms. The Labute approximate surface area is 200 Å². The number of urea groups is 1. The summed E-state index contributed by atoms with van der Waals surface area (Å²) in [6.45, 7) is 8.06. The molecule has 2 N–H and O–H groups in total. The van der Waals surface area contributed by atoms with E-state index in [4.69, 9.17) is 0 Å². The first-order chi connectivity index (χ1) is 16.2. The molecule has 3 aliphatic rings. The molecule has 1 spiro atoms. The summed E-state index contributed by atoms with van der Waals surface area (Å²) < 4.78 is 0. The normalized spacial score (nSPS) is 25.6. The van der Waals surface area contributed by atoms with E-state index in [0.717, 1.165) is 41.0 Å². The number of nitrogens with one attached hydrogen (secondary N) is 2. The van der Waals surface area contributed by atoms with Gasteiger partial charge in [-0.05, 0) is 49.8 Å². The summed E-state index contributed by atoms with van der Waals surface area (Å²) in [7, 11) is 0. The molecule has 184 valence electrons. The topological polar surface area (TPSA) is 102 Å². The molecule has 2 heterocycles. The fraction of sp³-hybridized carbons (Fsp3) is 0.600. The van der Waals surface area contributed by atoms with Crippen molar-refractivity contribution in [3.63, 3.8) is 0 Å². The van der Waals surface area contributed by atoms with Crippen LogP contribution in [-0.2, 0) is 14.4 Å². The van der Waals surface area contributed by atoms with E-state index in [1.807, 2.05) is 43.9 Å². The molecule has 34 heavy (non-hydrogen) atoms. The van der Waals surface area contributed by atoms with E-state index in [1.165, 1.54) is 0 Å². The summed E-state index contributed by atoms with van der Waals surface area (Å²) >= 11 is 0. The highest BCUT2D eigenvalue weighted by atomic mass is 16.2. The molecule has 9 nitrogen and oxygen atoms in total. The average Bonchev–Trinajstić information content (AvgIpc) is 3.04. The van der Waals surface area contributed by atoms with Crippen LogP contribution in [0, 0.1) is 19.8 Å². The van der Waals surface area contributed by atoms with E-state index in [-0.39, 0.29) is 36.7 Å². The smallest absolute Gasteiger partial charge is 0.325 e. The third-order valence-electron chi connectivity index (χ3n) is 7.77. The van der Waals surface area contributed by atoms with Gasteiger partial charge in [0.2, 0.25) is 11.8 Å². The highest BCUT2D eigenvalue weighted by molar-refractivity contribution is 6.09. The Hall–Kier alpha value is -2.94. The van der Waals surface area contributed by atoms with Gasteiger partial charge < -0.3 is 15.5 Å². The van der Waals surface area contributed by atoms with E-state index < -0.39 is 11.6 Å². The maximum Gasteiger partial charge on any atom is 0.325 e. The summed E-state index contributed by atoms with van der Waals surface area (Å²) in [6, 6.07) is 5.36. The van der Waals surface area contributed by atoms with Crippen LogP contribution < -0.4 is 10.6 Å². The molecule has 1 aromatic rings. The predicted octanol–water partition coefficient (Wildman–Crippen LogP) is 1.89.